The first kappa shape index (κ1) is 37.7. The maximum absolute atomic E-state index is 2.52. The summed E-state index contributed by atoms with van der Waals surface area (Å²) in [7, 11) is 0. The molecule has 0 fully saturated rings. The summed E-state index contributed by atoms with van der Waals surface area (Å²) in [6.45, 7) is 9.61. The molecule has 0 atom stereocenters. The van der Waals surface area contributed by atoms with Crippen molar-refractivity contribution in [2.45, 2.75) is 51.4 Å². The smallest absolute Gasteiger partial charge is 1.00 e. The molecule has 0 amide bonds. The van der Waals surface area contributed by atoms with Crippen molar-refractivity contribution in [3.8, 4) is 11.1 Å². The fourth-order valence-electron chi connectivity index (χ4n) is 8.25. The molecule has 52 heavy (non-hydrogen) atoms. The van der Waals surface area contributed by atoms with Gasteiger partial charge < -0.3 is 24.8 Å². The number of allylic oxidation sites excluding steroid dienone is 4. The average Bonchev–Trinajstić information content (AvgIpc) is 3.83. The molecule has 3 heteroatoms. The Balaban J connectivity index is 0.00000232. The van der Waals surface area contributed by atoms with Gasteiger partial charge in [0.15, 0.2) is 0 Å². The number of hydrogen-bond acceptors (Lipinski definition) is 0. The number of fused-ring (bicyclic) bond motifs is 3. The van der Waals surface area contributed by atoms with Crippen LogP contribution in [0.4, 0.5) is 0 Å². The molecule has 0 nitrogen and oxygen atoms in total. The molecule has 0 bridgehead atoms. The van der Waals surface area contributed by atoms with Crippen LogP contribution < -0.4 is 28.7 Å². The third kappa shape index (κ3) is 6.79. The third-order valence-corrected chi connectivity index (χ3v) is 16.1. The third-order valence-electron chi connectivity index (χ3n) is 11.2. The summed E-state index contributed by atoms with van der Waals surface area (Å²) >= 11 is -2.45. The van der Waals surface area contributed by atoms with E-state index >= 15 is 0 Å². The van der Waals surface area contributed by atoms with Gasteiger partial charge in [-0.3, -0.25) is 0 Å². The first-order valence-corrected chi connectivity index (χ1v) is 20.3. The number of rotatable bonds is 8. The van der Waals surface area contributed by atoms with E-state index in [1.807, 2.05) is 0 Å². The Kier molecular flexibility index (Phi) is 11.3. The van der Waals surface area contributed by atoms with Crippen molar-refractivity contribution in [1.82, 2.24) is 0 Å². The van der Waals surface area contributed by atoms with E-state index in [1.54, 1.807) is 17.1 Å². The average molecular weight is 752 g/mol. The van der Waals surface area contributed by atoms with E-state index < -0.39 is 17.4 Å². The summed E-state index contributed by atoms with van der Waals surface area (Å²) in [6, 6.07) is 56.9. The zero-order valence-corrected chi connectivity index (χ0v) is 33.4. The van der Waals surface area contributed by atoms with E-state index in [9.17, 15) is 0 Å². The van der Waals surface area contributed by atoms with E-state index in [0.29, 0.717) is 0 Å². The van der Waals surface area contributed by atoms with Crippen molar-refractivity contribution < 1.29 is 42.2 Å². The molecule has 0 saturated carbocycles. The van der Waals surface area contributed by atoms with Crippen molar-refractivity contribution in [1.29, 1.82) is 0 Å². The van der Waals surface area contributed by atoms with Crippen molar-refractivity contribution in [3.05, 3.63) is 218 Å². The SMILES string of the molecule is CC(C)(c1ccccc1)c1ccc2c(c1)Cc1c-2ccc(C(C)(C)c2ccccc2)[c]1[Ti+2]([C]1=CC=CC1)=[C](c1ccccc1)c1ccccc1.[Cl-].[Cl-]. The van der Waals surface area contributed by atoms with Crippen LogP contribution in [-0.2, 0) is 34.7 Å². The van der Waals surface area contributed by atoms with Gasteiger partial charge in [0.2, 0.25) is 0 Å². The van der Waals surface area contributed by atoms with Crippen LogP contribution in [0.5, 0.6) is 0 Å². The first-order valence-electron chi connectivity index (χ1n) is 18.0. The van der Waals surface area contributed by atoms with Crippen molar-refractivity contribution in [3.63, 3.8) is 0 Å². The van der Waals surface area contributed by atoms with Gasteiger partial charge in [-0.1, -0.05) is 0 Å². The minimum Gasteiger partial charge on any atom is -1.00 e. The first-order chi connectivity index (χ1) is 24.3. The van der Waals surface area contributed by atoms with Gasteiger partial charge in [-0.25, -0.2) is 0 Å². The summed E-state index contributed by atoms with van der Waals surface area (Å²) in [5.41, 5.74) is 13.8. The maximum Gasteiger partial charge on any atom is -1.00 e. The normalized spacial score (nSPS) is 12.8. The van der Waals surface area contributed by atoms with E-state index in [1.165, 1.54) is 50.1 Å². The molecule has 258 valence electrons. The zero-order chi connectivity index (χ0) is 34.3. The second kappa shape index (κ2) is 15.5. The minimum atomic E-state index is -2.45. The van der Waals surface area contributed by atoms with Crippen LogP contribution in [0.1, 0.15) is 78.6 Å². The van der Waals surface area contributed by atoms with Crippen molar-refractivity contribution in [2.75, 3.05) is 0 Å². The fourth-order valence-corrected chi connectivity index (χ4v) is 13.8. The fraction of sp³-hybridized carbons (Fsp3) is 0.163. The van der Waals surface area contributed by atoms with Gasteiger partial charge in [-0.05, 0) is 0 Å². The van der Waals surface area contributed by atoms with E-state index in [4.69, 9.17) is 0 Å². The molecular weight excluding hydrogens is 707 g/mol. The Labute approximate surface area is 328 Å². The molecule has 2 aliphatic rings. The number of halogens is 2. The molecule has 8 rings (SSSR count). The van der Waals surface area contributed by atoms with Crippen molar-refractivity contribution in [2.24, 2.45) is 0 Å². The van der Waals surface area contributed by atoms with Crippen LogP contribution in [0, 0.1) is 0 Å². The molecule has 0 heterocycles. The molecule has 0 saturated heterocycles. The van der Waals surface area contributed by atoms with Crippen LogP contribution in [-0.4, -0.2) is 3.81 Å². The molecule has 0 unspecified atom stereocenters. The Morgan fingerprint density at radius 2 is 1.06 bits per heavy atom. The predicted octanol–water partition coefficient (Wildman–Crippen LogP) is 5.27. The summed E-state index contributed by atoms with van der Waals surface area (Å²) in [5, 5.41) is 0. The molecular formula is C49H44Cl2Ti. The van der Waals surface area contributed by atoms with Crippen LogP contribution >= 0.6 is 0 Å². The molecule has 0 aliphatic heterocycles. The molecule has 0 radical (unpaired) electrons. The summed E-state index contributed by atoms with van der Waals surface area (Å²) in [5.74, 6) is 0. The van der Waals surface area contributed by atoms with Gasteiger partial charge in [-0.15, -0.1) is 0 Å². The van der Waals surface area contributed by atoms with Gasteiger partial charge >= 0.3 is 306 Å². The predicted molar refractivity (Wildman–Crippen MR) is 209 cm³/mol. The van der Waals surface area contributed by atoms with E-state index in [-0.39, 0.29) is 35.6 Å². The molecule has 0 spiro atoms. The molecule has 0 N–H and O–H groups in total. The Morgan fingerprint density at radius 3 is 1.60 bits per heavy atom. The molecule has 2 aliphatic carbocycles. The largest absolute Gasteiger partial charge is 1.00 e. The quantitative estimate of drug-likeness (QED) is 0.186. The van der Waals surface area contributed by atoms with Crippen LogP contribution in [0.15, 0.2) is 174 Å². The van der Waals surface area contributed by atoms with Crippen LogP contribution in [0.2, 0.25) is 0 Å². The maximum atomic E-state index is 2.52. The van der Waals surface area contributed by atoms with Crippen LogP contribution in [0.3, 0.4) is 0 Å². The Morgan fingerprint density at radius 1 is 0.538 bits per heavy atom. The van der Waals surface area contributed by atoms with E-state index in [0.717, 1.165) is 12.8 Å². The van der Waals surface area contributed by atoms with Gasteiger partial charge in [0.05, 0.1) is 0 Å². The number of benzene rings is 6. The van der Waals surface area contributed by atoms with Gasteiger partial charge in [0.25, 0.3) is 0 Å². The summed E-state index contributed by atoms with van der Waals surface area (Å²) in [4.78, 5) is 0. The van der Waals surface area contributed by atoms with Gasteiger partial charge in [0.1, 0.15) is 0 Å². The second-order valence-electron chi connectivity index (χ2n) is 14.9. The zero-order valence-electron chi connectivity index (χ0n) is 30.3. The van der Waals surface area contributed by atoms with E-state index in [2.05, 4.69) is 198 Å². The molecule has 0 aromatic heterocycles. The second-order valence-corrected chi connectivity index (χ2v) is 18.6. The molecule has 6 aromatic rings. The minimum absolute atomic E-state index is 0. The monoisotopic (exact) mass is 750 g/mol. The molecule has 6 aromatic carbocycles. The Hall–Kier alpha value is -4.04. The topological polar surface area (TPSA) is 0 Å². The standard InChI is InChI=1S/C31H29.C13H10.C5H5.2ClH.Ti/c1-30(2,24-11-7-5-8-12-24)26-15-17-28-22(20-26)19-23-21-27(16-18-29(23)28)31(3,4)25-13-9-6-10-14-25;1-3-7-12(8-4-1)11-13-9-5-2-6-10-13;1-2-4-5-3-1;;;/h5-18,20H,19H2,1-4H3;1-10H;1-3H,4H2;2*1H;/q;;;;;+2/p-2. The summed E-state index contributed by atoms with van der Waals surface area (Å²) in [6.07, 6.45) is 9.12. The van der Waals surface area contributed by atoms with Gasteiger partial charge in [0, 0.05) is 0 Å². The van der Waals surface area contributed by atoms with Gasteiger partial charge in [-0.2, -0.15) is 0 Å². The number of hydrogen-bond donors (Lipinski definition) is 0. The van der Waals surface area contributed by atoms with Crippen molar-refractivity contribution >= 4 is 7.68 Å². The summed E-state index contributed by atoms with van der Waals surface area (Å²) < 4.78 is 4.80. The van der Waals surface area contributed by atoms with Crippen LogP contribution in [0.25, 0.3) is 11.1 Å². The Bertz CT molecular complexity index is 2240.